The second-order valence-corrected chi connectivity index (χ2v) is 7.41. The molecular formula is C15H24N2O. The first-order valence-corrected chi connectivity index (χ1v) is 7.71. The third-order valence-corrected chi connectivity index (χ3v) is 7.00. The Morgan fingerprint density at radius 2 is 0.944 bits per heavy atom. The summed E-state index contributed by atoms with van der Waals surface area (Å²) in [6.45, 7) is 0. The van der Waals surface area contributed by atoms with Gasteiger partial charge in [-0.15, -0.1) is 0 Å². The van der Waals surface area contributed by atoms with E-state index in [1.165, 1.54) is 47.3 Å². The van der Waals surface area contributed by atoms with Crippen molar-refractivity contribution in [3.63, 3.8) is 0 Å². The summed E-state index contributed by atoms with van der Waals surface area (Å²) in [5.41, 5.74) is 1.75. The highest BCUT2D eigenvalue weighted by atomic mass is 16.1. The molecule has 3 heteroatoms. The Labute approximate surface area is 109 Å². The molecule has 0 aromatic carbocycles. The van der Waals surface area contributed by atoms with E-state index in [1.54, 1.807) is 44.0 Å². The molecule has 3 N–H and O–H groups in total. The van der Waals surface area contributed by atoms with Crippen molar-refractivity contribution in [3.05, 3.63) is 0 Å². The Morgan fingerprint density at radius 1 is 0.722 bits per heavy atom. The van der Waals surface area contributed by atoms with Gasteiger partial charge in [-0.25, -0.2) is 5.84 Å². The minimum Gasteiger partial charge on any atom is -0.297 e. The minimum absolute atomic E-state index is 0.403. The van der Waals surface area contributed by atoms with Gasteiger partial charge in [-0.2, -0.15) is 0 Å². The van der Waals surface area contributed by atoms with Gasteiger partial charge in [0.05, 0.1) is 0 Å². The molecule has 7 aliphatic carbocycles. The summed E-state index contributed by atoms with van der Waals surface area (Å²) < 4.78 is 0. The number of carbonyl (C=O) groups is 1. The molecule has 0 aromatic rings. The van der Waals surface area contributed by atoms with Crippen LogP contribution in [0.4, 0.5) is 0 Å². The van der Waals surface area contributed by atoms with Crippen LogP contribution in [-0.2, 0) is 4.79 Å². The molecule has 0 unspecified atom stereocenters. The van der Waals surface area contributed by atoms with E-state index in [0.717, 1.165) is 0 Å². The van der Waals surface area contributed by atoms with Crippen LogP contribution in [-0.4, -0.2) is 6.41 Å². The number of carbonyl (C=O) groups excluding carboxylic acids is 1. The number of nitrogens with two attached hydrogens (primary N) is 1. The van der Waals surface area contributed by atoms with Crippen LogP contribution in [0, 0.1) is 47.3 Å². The van der Waals surface area contributed by atoms with Gasteiger partial charge in [-0.05, 0) is 85.9 Å². The zero-order valence-electron chi connectivity index (χ0n) is 10.9. The van der Waals surface area contributed by atoms with Crippen LogP contribution in [0.15, 0.2) is 0 Å². The fourth-order valence-electron chi connectivity index (χ4n) is 6.89. The second-order valence-electron chi connectivity index (χ2n) is 7.41. The van der Waals surface area contributed by atoms with Crippen molar-refractivity contribution >= 4 is 6.41 Å². The monoisotopic (exact) mass is 248 g/mol. The van der Waals surface area contributed by atoms with Crippen molar-refractivity contribution in [2.45, 2.75) is 38.5 Å². The number of hydrogen-bond donors (Lipinski definition) is 2. The first-order chi connectivity index (χ1) is 8.81. The lowest BCUT2D eigenvalue weighted by Crippen LogP contribution is -2.62. The Morgan fingerprint density at radius 3 is 1.11 bits per heavy atom. The Balaban J connectivity index is 0.000000198. The Bertz CT molecular complexity index is 269. The quantitative estimate of drug-likeness (QED) is 0.322. The van der Waals surface area contributed by atoms with Gasteiger partial charge in [0.15, 0.2) is 0 Å². The molecule has 7 rings (SSSR count). The molecule has 0 saturated heterocycles. The van der Waals surface area contributed by atoms with Crippen molar-refractivity contribution in [2.75, 3.05) is 0 Å². The molecule has 18 heavy (non-hydrogen) atoms. The van der Waals surface area contributed by atoms with Crippen LogP contribution in [0.2, 0.25) is 0 Å². The average Bonchev–Trinajstić information content (AvgIpc) is 2.44. The second kappa shape index (κ2) is 3.96. The third-order valence-electron chi connectivity index (χ3n) is 7.00. The van der Waals surface area contributed by atoms with Crippen LogP contribution in [0.3, 0.4) is 0 Å². The summed E-state index contributed by atoms with van der Waals surface area (Å²) in [5.74, 6) is 14.1. The van der Waals surface area contributed by atoms with Crippen molar-refractivity contribution in [1.82, 2.24) is 5.43 Å². The maximum atomic E-state index is 8.94. The van der Waals surface area contributed by atoms with Gasteiger partial charge in [0.25, 0.3) is 0 Å². The molecule has 100 valence electrons. The van der Waals surface area contributed by atoms with Gasteiger partial charge in [0.1, 0.15) is 0 Å². The lowest BCUT2D eigenvalue weighted by atomic mass is 9.36. The maximum Gasteiger partial charge on any atom is 0.221 e. The first-order valence-electron chi connectivity index (χ1n) is 7.71. The highest BCUT2D eigenvalue weighted by Gasteiger charge is 2.63. The molecule has 3 nitrogen and oxygen atoms in total. The molecule has 0 aromatic heterocycles. The van der Waals surface area contributed by atoms with Gasteiger partial charge in [-0.1, -0.05) is 0 Å². The molecule has 8 bridgehead atoms. The SMILES string of the molecule is C1C2CC3C4CC5CC(C14)C(C2)C3C5.NNC=O. The minimum atomic E-state index is 0.403. The number of hydrazine groups is 1. The number of rotatable bonds is 1. The normalized spacial score (nSPS) is 57.2. The van der Waals surface area contributed by atoms with E-state index in [-0.39, 0.29) is 0 Å². The third kappa shape index (κ3) is 1.37. The lowest BCUT2D eigenvalue weighted by molar-refractivity contribution is -0.202. The van der Waals surface area contributed by atoms with Crippen molar-refractivity contribution < 1.29 is 4.79 Å². The summed E-state index contributed by atoms with van der Waals surface area (Å²) in [6, 6.07) is 0. The highest BCUT2D eigenvalue weighted by Crippen LogP contribution is 2.71. The average molecular weight is 248 g/mol. The van der Waals surface area contributed by atoms with E-state index in [4.69, 9.17) is 4.79 Å². The molecule has 7 aliphatic rings. The lowest BCUT2D eigenvalue weighted by Gasteiger charge is -2.69. The van der Waals surface area contributed by atoms with Crippen LogP contribution < -0.4 is 11.3 Å². The molecular weight excluding hydrogens is 224 g/mol. The molecule has 0 aliphatic heterocycles. The first kappa shape index (κ1) is 11.3. The molecule has 7 saturated carbocycles. The molecule has 0 radical (unpaired) electrons. The van der Waals surface area contributed by atoms with Crippen LogP contribution in [0.5, 0.6) is 0 Å². The van der Waals surface area contributed by atoms with Gasteiger partial charge in [0, 0.05) is 0 Å². The smallest absolute Gasteiger partial charge is 0.221 e. The fraction of sp³-hybridized carbons (Fsp3) is 0.933. The van der Waals surface area contributed by atoms with Crippen LogP contribution >= 0.6 is 0 Å². The van der Waals surface area contributed by atoms with Gasteiger partial charge >= 0.3 is 0 Å². The summed E-state index contributed by atoms with van der Waals surface area (Å²) in [4.78, 5) is 8.94. The van der Waals surface area contributed by atoms with Gasteiger partial charge in [0.2, 0.25) is 6.41 Å². The van der Waals surface area contributed by atoms with E-state index < -0.39 is 0 Å². The molecule has 7 fully saturated rings. The molecule has 1 amide bonds. The number of nitrogens with one attached hydrogen (secondary N) is 1. The van der Waals surface area contributed by atoms with Crippen molar-refractivity contribution in [1.29, 1.82) is 0 Å². The van der Waals surface area contributed by atoms with E-state index in [1.807, 2.05) is 0 Å². The van der Waals surface area contributed by atoms with Gasteiger partial charge in [-0.3, -0.25) is 10.2 Å². The molecule has 0 atom stereocenters. The molecule has 0 heterocycles. The maximum absolute atomic E-state index is 8.94. The zero-order chi connectivity index (χ0) is 12.3. The standard InChI is InChI=1S/C14H20.CH4N2O/c1-7-2-12-10-4-8-5-11(9(1)10)13(3-7)14(12)6-8;2-3-1-4/h7-14H,1-6H2;1H,2H2,(H,3,4). The largest absolute Gasteiger partial charge is 0.297 e. The topological polar surface area (TPSA) is 55.1 Å². The van der Waals surface area contributed by atoms with Crippen molar-refractivity contribution in [2.24, 2.45) is 53.2 Å². The zero-order valence-corrected chi connectivity index (χ0v) is 10.9. The summed E-state index contributed by atoms with van der Waals surface area (Å²) in [7, 11) is 0. The fourth-order valence-corrected chi connectivity index (χ4v) is 6.89. The molecule has 0 spiro atoms. The van der Waals surface area contributed by atoms with Crippen LogP contribution in [0.25, 0.3) is 0 Å². The number of hydrogen-bond acceptors (Lipinski definition) is 2. The predicted molar refractivity (Wildman–Crippen MR) is 69.0 cm³/mol. The van der Waals surface area contributed by atoms with Crippen LogP contribution in [0.1, 0.15) is 38.5 Å². The van der Waals surface area contributed by atoms with E-state index in [9.17, 15) is 0 Å². The summed E-state index contributed by atoms with van der Waals surface area (Å²) >= 11 is 0. The van der Waals surface area contributed by atoms with E-state index in [0.29, 0.717) is 6.41 Å². The van der Waals surface area contributed by atoms with E-state index >= 15 is 0 Å². The van der Waals surface area contributed by atoms with E-state index in [2.05, 4.69) is 5.84 Å². The Kier molecular flexibility index (Phi) is 2.48. The Hall–Kier alpha value is -0.570. The number of amides is 1. The summed E-state index contributed by atoms with van der Waals surface area (Å²) in [6.07, 6.45) is 10.3. The predicted octanol–water partition coefficient (Wildman–Crippen LogP) is 1.93. The summed E-state index contributed by atoms with van der Waals surface area (Å²) in [5, 5.41) is 0. The van der Waals surface area contributed by atoms with Crippen molar-refractivity contribution in [3.8, 4) is 0 Å². The van der Waals surface area contributed by atoms with Gasteiger partial charge < -0.3 is 0 Å². The highest BCUT2D eigenvalue weighted by molar-refractivity contribution is 5.44.